The average Bonchev–Trinajstić information content (AvgIpc) is 2.24. The molecule has 0 saturated carbocycles. The number of aliphatic hydroxyl groups is 1. The van der Waals surface area contributed by atoms with Crippen molar-refractivity contribution in [3.05, 3.63) is 28.3 Å². The van der Waals surface area contributed by atoms with Crippen molar-refractivity contribution >= 4 is 11.6 Å². The van der Waals surface area contributed by atoms with Crippen LogP contribution in [-0.2, 0) is 6.42 Å². The first kappa shape index (κ1) is 13.3. The topological polar surface area (TPSA) is 29.5 Å². The molecule has 2 nitrogen and oxygen atoms in total. The van der Waals surface area contributed by atoms with Crippen LogP contribution < -0.4 is 4.74 Å². The highest BCUT2D eigenvalue weighted by Gasteiger charge is 2.07. The number of unbranched alkanes of at least 4 members (excludes halogenated alkanes) is 2. The quantitative estimate of drug-likeness (QED) is 0.776. The number of ether oxygens (including phenoxy) is 1. The third-order valence-corrected chi connectivity index (χ3v) is 2.84. The highest BCUT2D eigenvalue weighted by molar-refractivity contribution is 6.30. The zero-order valence-electron chi connectivity index (χ0n) is 9.92. The number of hydrogen-bond donors (Lipinski definition) is 1. The fourth-order valence-corrected chi connectivity index (χ4v) is 2.18. The maximum absolute atomic E-state index is 8.71. The lowest BCUT2D eigenvalue weighted by molar-refractivity contribution is 0.283. The van der Waals surface area contributed by atoms with Crippen molar-refractivity contribution in [1.82, 2.24) is 0 Å². The number of methoxy groups -OCH3 is 1. The van der Waals surface area contributed by atoms with E-state index in [-0.39, 0.29) is 6.61 Å². The van der Waals surface area contributed by atoms with E-state index in [0.29, 0.717) is 0 Å². The molecule has 0 heterocycles. The first-order valence-corrected chi connectivity index (χ1v) is 6.00. The molecule has 0 atom stereocenters. The predicted octanol–water partition coefficient (Wildman–Crippen LogP) is 3.36. The van der Waals surface area contributed by atoms with E-state index in [1.807, 2.05) is 19.1 Å². The normalized spacial score (nSPS) is 10.5. The van der Waals surface area contributed by atoms with Crippen molar-refractivity contribution in [1.29, 1.82) is 0 Å². The van der Waals surface area contributed by atoms with E-state index in [0.717, 1.165) is 47.6 Å². The predicted molar refractivity (Wildman–Crippen MR) is 67.4 cm³/mol. The van der Waals surface area contributed by atoms with Crippen LogP contribution in [0.4, 0.5) is 0 Å². The highest BCUT2D eigenvalue weighted by Crippen LogP contribution is 2.28. The Morgan fingerprint density at radius 3 is 2.62 bits per heavy atom. The molecule has 90 valence electrons. The van der Waals surface area contributed by atoms with Gasteiger partial charge in [0, 0.05) is 11.6 Å². The maximum atomic E-state index is 8.71. The number of hydrogen-bond acceptors (Lipinski definition) is 2. The lowest BCUT2D eigenvalue weighted by Crippen LogP contribution is -1.96. The molecule has 0 spiro atoms. The third kappa shape index (κ3) is 3.69. The van der Waals surface area contributed by atoms with Crippen LogP contribution >= 0.6 is 11.6 Å². The van der Waals surface area contributed by atoms with Gasteiger partial charge in [-0.25, -0.2) is 0 Å². The van der Waals surface area contributed by atoms with Crippen LogP contribution in [0.3, 0.4) is 0 Å². The molecule has 0 aliphatic rings. The molecule has 1 aromatic rings. The molecule has 0 aliphatic carbocycles. The van der Waals surface area contributed by atoms with Crippen LogP contribution in [0.15, 0.2) is 12.1 Å². The molecular formula is C13H19ClO2. The van der Waals surface area contributed by atoms with Crippen molar-refractivity contribution < 1.29 is 9.84 Å². The SMILES string of the molecule is COc1c(C)cc(Cl)cc1CCCCCO. The Labute approximate surface area is 102 Å². The van der Waals surface area contributed by atoms with Crippen molar-refractivity contribution in [2.75, 3.05) is 13.7 Å². The minimum Gasteiger partial charge on any atom is -0.496 e. The van der Waals surface area contributed by atoms with Gasteiger partial charge < -0.3 is 9.84 Å². The van der Waals surface area contributed by atoms with Crippen molar-refractivity contribution in [3.8, 4) is 5.75 Å². The summed E-state index contributed by atoms with van der Waals surface area (Å²) < 4.78 is 5.38. The van der Waals surface area contributed by atoms with Gasteiger partial charge in [0.2, 0.25) is 0 Å². The zero-order valence-corrected chi connectivity index (χ0v) is 10.7. The fourth-order valence-electron chi connectivity index (χ4n) is 1.88. The molecule has 0 unspecified atom stereocenters. The van der Waals surface area contributed by atoms with Crippen LogP contribution in [0.5, 0.6) is 5.75 Å². The molecule has 1 aromatic carbocycles. The molecular weight excluding hydrogens is 224 g/mol. The van der Waals surface area contributed by atoms with Crippen molar-refractivity contribution in [2.24, 2.45) is 0 Å². The molecule has 1 N–H and O–H groups in total. The van der Waals surface area contributed by atoms with Gasteiger partial charge in [0.1, 0.15) is 5.75 Å². The van der Waals surface area contributed by atoms with E-state index in [2.05, 4.69) is 0 Å². The van der Waals surface area contributed by atoms with Gasteiger partial charge in [-0.2, -0.15) is 0 Å². The molecule has 0 radical (unpaired) electrons. The van der Waals surface area contributed by atoms with Gasteiger partial charge in [-0.1, -0.05) is 18.0 Å². The fraction of sp³-hybridized carbons (Fsp3) is 0.538. The molecule has 0 aromatic heterocycles. The summed E-state index contributed by atoms with van der Waals surface area (Å²) in [7, 11) is 1.69. The van der Waals surface area contributed by atoms with Crippen LogP contribution in [0.1, 0.15) is 30.4 Å². The zero-order chi connectivity index (χ0) is 12.0. The van der Waals surface area contributed by atoms with Gasteiger partial charge in [-0.15, -0.1) is 0 Å². The summed E-state index contributed by atoms with van der Waals surface area (Å²) in [4.78, 5) is 0. The number of benzene rings is 1. The van der Waals surface area contributed by atoms with Gasteiger partial charge >= 0.3 is 0 Å². The van der Waals surface area contributed by atoms with Gasteiger partial charge in [0.25, 0.3) is 0 Å². The van der Waals surface area contributed by atoms with Gasteiger partial charge in [-0.05, 0) is 49.4 Å². The Bertz CT molecular complexity index is 337. The minimum atomic E-state index is 0.270. The van der Waals surface area contributed by atoms with E-state index in [1.165, 1.54) is 0 Å². The average molecular weight is 243 g/mol. The Morgan fingerprint density at radius 2 is 2.00 bits per heavy atom. The van der Waals surface area contributed by atoms with E-state index >= 15 is 0 Å². The van der Waals surface area contributed by atoms with E-state index in [1.54, 1.807) is 7.11 Å². The highest BCUT2D eigenvalue weighted by atomic mass is 35.5. The van der Waals surface area contributed by atoms with Crippen LogP contribution in [0, 0.1) is 6.92 Å². The summed E-state index contributed by atoms with van der Waals surface area (Å²) in [5, 5.41) is 9.47. The standard InChI is InChI=1S/C13H19ClO2/c1-10-8-12(14)9-11(13(10)16-2)6-4-3-5-7-15/h8-9,15H,3-7H2,1-2H3. The van der Waals surface area contributed by atoms with E-state index in [4.69, 9.17) is 21.4 Å². The van der Waals surface area contributed by atoms with Gasteiger partial charge in [0.05, 0.1) is 7.11 Å². The molecule has 16 heavy (non-hydrogen) atoms. The van der Waals surface area contributed by atoms with E-state index < -0.39 is 0 Å². The molecule has 0 amide bonds. The summed E-state index contributed by atoms with van der Waals surface area (Å²) in [6.45, 7) is 2.27. The van der Waals surface area contributed by atoms with Crippen LogP contribution in [-0.4, -0.2) is 18.8 Å². The first-order valence-electron chi connectivity index (χ1n) is 5.63. The molecule has 0 fully saturated rings. The Morgan fingerprint density at radius 1 is 1.25 bits per heavy atom. The summed E-state index contributed by atoms with van der Waals surface area (Å²) >= 11 is 6.02. The van der Waals surface area contributed by atoms with Gasteiger partial charge in [-0.3, -0.25) is 0 Å². The second-order valence-corrected chi connectivity index (χ2v) is 4.39. The lowest BCUT2D eigenvalue weighted by Gasteiger charge is -2.12. The summed E-state index contributed by atoms with van der Waals surface area (Å²) in [5.74, 6) is 0.938. The maximum Gasteiger partial charge on any atom is 0.125 e. The second kappa shape index (κ2) is 6.77. The van der Waals surface area contributed by atoms with Crippen molar-refractivity contribution in [3.63, 3.8) is 0 Å². The first-order chi connectivity index (χ1) is 7.69. The van der Waals surface area contributed by atoms with Crippen LogP contribution in [0.2, 0.25) is 5.02 Å². The second-order valence-electron chi connectivity index (χ2n) is 3.95. The summed E-state index contributed by atoms with van der Waals surface area (Å²) in [5.41, 5.74) is 2.23. The number of aliphatic hydroxyl groups excluding tert-OH is 1. The molecule has 1 rings (SSSR count). The Balaban J connectivity index is 2.69. The van der Waals surface area contributed by atoms with Crippen molar-refractivity contribution in [2.45, 2.75) is 32.6 Å². The Hall–Kier alpha value is -0.730. The minimum absolute atomic E-state index is 0.270. The molecule has 0 saturated heterocycles. The third-order valence-electron chi connectivity index (χ3n) is 2.62. The number of halogens is 1. The number of rotatable bonds is 6. The lowest BCUT2D eigenvalue weighted by atomic mass is 10.0. The molecule has 0 bridgehead atoms. The smallest absolute Gasteiger partial charge is 0.125 e. The summed E-state index contributed by atoms with van der Waals surface area (Å²) in [6, 6.07) is 3.88. The van der Waals surface area contributed by atoms with E-state index in [9.17, 15) is 0 Å². The number of aryl methyl sites for hydroxylation is 2. The Kier molecular flexibility index (Phi) is 5.64. The van der Waals surface area contributed by atoms with Gasteiger partial charge in [0.15, 0.2) is 0 Å². The van der Waals surface area contributed by atoms with Crippen LogP contribution in [0.25, 0.3) is 0 Å². The molecule has 0 aliphatic heterocycles. The monoisotopic (exact) mass is 242 g/mol. The largest absolute Gasteiger partial charge is 0.496 e. The summed E-state index contributed by atoms with van der Waals surface area (Å²) in [6.07, 6.45) is 3.90. The molecule has 3 heteroatoms.